The van der Waals surface area contributed by atoms with Crippen LogP contribution in [-0.2, 0) is 4.74 Å². The molecule has 2 N–H and O–H groups in total. The maximum Gasteiger partial charge on any atom is 0.137 e. The van der Waals surface area contributed by atoms with E-state index < -0.39 is 0 Å². The smallest absolute Gasteiger partial charge is 0.137 e. The number of nitrogens with two attached hydrogens (primary N) is 1. The van der Waals surface area contributed by atoms with Gasteiger partial charge in [-0.2, -0.15) is 0 Å². The Hall–Kier alpha value is -0.670. The summed E-state index contributed by atoms with van der Waals surface area (Å²) in [7, 11) is 0. The van der Waals surface area contributed by atoms with Gasteiger partial charge in [0, 0.05) is 12.8 Å². The predicted molar refractivity (Wildman–Crippen MR) is 47.8 cm³/mol. The Morgan fingerprint density at radius 1 is 1.55 bits per heavy atom. The largest absolute Gasteiger partial charge is 0.357 e. The fourth-order valence-corrected chi connectivity index (χ4v) is 0.435. The van der Waals surface area contributed by atoms with Gasteiger partial charge in [-0.15, -0.1) is 0 Å². The summed E-state index contributed by atoms with van der Waals surface area (Å²) in [5, 5.41) is 0. The highest BCUT2D eigenvalue weighted by molar-refractivity contribution is 5.70. The molecule has 0 aromatic rings. The van der Waals surface area contributed by atoms with Crippen LogP contribution in [0.4, 0.5) is 0 Å². The summed E-state index contributed by atoms with van der Waals surface area (Å²) in [6.45, 7) is 4.93. The van der Waals surface area contributed by atoms with Crippen LogP contribution in [0, 0.1) is 0 Å². The summed E-state index contributed by atoms with van der Waals surface area (Å²) in [5.41, 5.74) is 5.21. The average Bonchev–Trinajstić information content (AvgIpc) is 1.96. The molecule has 0 amide bonds. The van der Waals surface area contributed by atoms with Crippen molar-refractivity contribution < 1.29 is 4.74 Å². The SMILES string of the molecule is CC(C)OC/N=C\C=C/CN. The molecule has 0 aromatic carbocycles. The number of rotatable bonds is 5. The van der Waals surface area contributed by atoms with Gasteiger partial charge in [0.15, 0.2) is 0 Å². The summed E-state index contributed by atoms with van der Waals surface area (Å²) in [6.07, 6.45) is 5.57. The van der Waals surface area contributed by atoms with E-state index in [1.807, 2.05) is 26.0 Å². The lowest BCUT2D eigenvalue weighted by molar-refractivity contribution is 0.0858. The van der Waals surface area contributed by atoms with Gasteiger partial charge < -0.3 is 10.5 Å². The van der Waals surface area contributed by atoms with Gasteiger partial charge in [-0.25, -0.2) is 0 Å². The Morgan fingerprint density at radius 3 is 2.82 bits per heavy atom. The van der Waals surface area contributed by atoms with Crippen molar-refractivity contribution >= 4 is 6.21 Å². The van der Waals surface area contributed by atoms with Crippen LogP contribution in [0.1, 0.15) is 13.8 Å². The van der Waals surface area contributed by atoms with Crippen molar-refractivity contribution in [2.24, 2.45) is 10.7 Å². The minimum atomic E-state index is 0.241. The highest BCUT2D eigenvalue weighted by Gasteiger charge is 1.86. The number of hydrogen-bond donors (Lipinski definition) is 1. The van der Waals surface area contributed by atoms with Gasteiger partial charge >= 0.3 is 0 Å². The van der Waals surface area contributed by atoms with Crippen molar-refractivity contribution in [2.75, 3.05) is 13.3 Å². The molecule has 0 spiro atoms. The first-order valence-corrected chi connectivity index (χ1v) is 3.74. The molecule has 0 heterocycles. The van der Waals surface area contributed by atoms with E-state index in [2.05, 4.69) is 4.99 Å². The third kappa shape index (κ3) is 9.33. The van der Waals surface area contributed by atoms with E-state index in [1.165, 1.54) is 0 Å². The molecular formula is C8H16N2O. The monoisotopic (exact) mass is 156 g/mol. The van der Waals surface area contributed by atoms with E-state index >= 15 is 0 Å². The van der Waals surface area contributed by atoms with Crippen LogP contribution in [0.15, 0.2) is 17.1 Å². The molecule has 3 nitrogen and oxygen atoms in total. The normalized spacial score (nSPS) is 12.4. The fourth-order valence-electron chi connectivity index (χ4n) is 0.435. The van der Waals surface area contributed by atoms with E-state index in [1.54, 1.807) is 6.21 Å². The van der Waals surface area contributed by atoms with Crippen LogP contribution < -0.4 is 5.73 Å². The molecule has 0 aliphatic heterocycles. The standard InChI is InChI=1S/C8H16N2O/c1-8(2)11-7-10-6-4-3-5-9/h3-4,6,8H,5,7,9H2,1-2H3/b4-3-,10-6-. The van der Waals surface area contributed by atoms with E-state index in [-0.39, 0.29) is 6.10 Å². The number of hydrogen-bond acceptors (Lipinski definition) is 3. The van der Waals surface area contributed by atoms with Gasteiger partial charge in [0.05, 0.1) is 6.10 Å². The highest BCUT2D eigenvalue weighted by Crippen LogP contribution is 1.85. The minimum Gasteiger partial charge on any atom is -0.357 e. The molecule has 11 heavy (non-hydrogen) atoms. The molecule has 0 aromatic heterocycles. The third-order valence-electron chi connectivity index (χ3n) is 0.946. The molecule has 0 saturated carbocycles. The second-order valence-electron chi connectivity index (χ2n) is 2.34. The van der Waals surface area contributed by atoms with Gasteiger partial charge in [-0.05, 0) is 19.9 Å². The van der Waals surface area contributed by atoms with Gasteiger partial charge in [0.1, 0.15) is 6.73 Å². The highest BCUT2D eigenvalue weighted by atomic mass is 16.5. The summed E-state index contributed by atoms with van der Waals surface area (Å²) in [5.74, 6) is 0. The van der Waals surface area contributed by atoms with Crippen molar-refractivity contribution in [3.05, 3.63) is 12.2 Å². The van der Waals surface area contributed by atoms with Crippen molar-refractivity contribution in [3.63, 3.8) is 0 Å². The molecule has 0 rings (SSSR count). The number of nitrogens with zero attached hydrogens (tertiary/aromatic N) is 1. The van der Waals surface area contributed by atoms with Gasteiger partial charge in [-0.1, -0.05) is 6.08 Å². The van der Waals surface area contributed by atoms with E-state index in [0.29, 0.717) is 13.3 Å². The van der Waals surface area contributed by atoms with Gasteiger partial charge in [0.25, 0.3) is 0 Å². The lowest BCUT2D eigenvalue weighted by Crippen LogP contribution is -2.01. The summed E-state index contributed by atoms with van der Waals surface area (Å²) >= 11 is 0. The van der Waals surface area contributed by atoms with Crippen LogP contribution in [-0.4, -0.2) is 25.6 Å². The maximum atomic E-state index is 5.21. The lowest BCUT2D eigenvalue weighted by Gasteiger charge is -2.01. The molecule has 3 heteroatoms. The van der Waals surface area contributed by atoms with Crippen molar-refractivity contribution in [1.29, 1.82) is 0 Å². The van der Waals surface area contributed by atoms with Gasteiger partial charge in [0.2, 0.25) is 0 Å². The van der Waals surface area contributed by atoms with Crippen molar-refractivity contribution in [3.8, 4) is 0 Å². The first-order chi connectivity index (χ1) is 5.27. The number of aliphatic imine (C=N–C) groups is 1. The quantitative estimate of drug-likeness (QED) is 0.602. The topological polar surface area (TPSA) is 47.6 Å². The van der Waals surface area contributed by atoms with E-state index in [4.69, 9.17) is 10.5 Å². The fraction of sp³-hybridized carbons (Fsp3) is 0.625. The molecule has 0 unspecified atom stereocenters. The Labute approximate surface area is 68.0 Å². The summed E-state index contributed by atoms with van der Waals surface area (Å²) < 4.78 is 5.16. The third-order valence-corrected chi connectivity index (χ3v) is 0.946. The van der Waals surface area contributed by atoms with Crippen LogP contribution in [0.3, 0.4) is 0 Å². The zero-order chi connectivity index (χ0) is 8.53. The Balaban J connectivity index is 3.23. The molecule has 0 radical (unpaired) electrons. The molecule has 0 atom stereocenters. The van der Waals surface area contributed by atoms with Crippen molar-refractivity contribution in [2.45, 2.75) is 20.0 Å². The molecule has 0 aliphatic rings. The second-order valence-corrected chi connectivity index (χ2v) is 2.34. The van der Waals surface area contributed by atoms with Crippen LogP contribution in [0.25, 0.3) is 0 Å². The first-order valence-electron chi connectivity index (χ1n) is 3.74. The number of allylic oxidation sites excluding steroid dienone is 1. The molecule has 0 aliphatic carbocycles. The Bertz CT molecular complexity index is 130. The molecule has 0 saturated heterocycles. The van der Waals surface area contributed by atoms with Crippen LogP contribution in [0.5, 0.6) is 0 Å². The Kier molecular flexibility index (Phi) is 6.98. The summed E-state index contributed by atoms with van der Waals surface area (Å²) in [6, 6.07) is 0. The zero-order valence-corrected chi connectivity index (χ0v) is 7.16. The predicted octanol–water partition coefficient (Wildman–Crippen LogP) is 0.955. The van der Waals surface area contributed by atoms with Crippen molar-refractivity contribution in [1.82, 2.24) is 0 Å². The molecule has 0 bridgehead atoms. The van der Waals surface area contributed by atoms with E-state index in [9.17, 15) is 0 Å². The minimum absolute atomic E-state index is 0.241. The second kappa shape index (κ2) is 7.44. The summed E-state index contributed by atoms with van der Waals surface area (Å²) in [4.78, 5) is 3.96. The lowest BCUT2D eigenvalue weighted by atomic mass is 10.5. The molecule has 64 valence electrons. The Morgan fingerprint density at radius 2 is 2.27 bits per heavy atom. The van der Waals surface area contributed by atoms with Gasteiger partial charge in [-0.3, -0.25) is 4.99 Å². The maximum absolute atomic E-state index is 5.21. The number of ether oxygens (including phenoxy) is 1. The molecular weight excluding hydrogens is 140 g/mol. The first kappa shape index (κ1) is 10.3. The zero-order valence-electron chi connectivity index (χ0n) is 7.16. The van der Waals surface area contributed by atoms with Crippen LogP contribution >= 0.6 is 0 Å². The average molecular weight is 156 g/mol. The molecule has 0 fully saturated rings. The van der Waals surface area contributed by atoms with E-state index in [0.717, 1.165) is 0 Å². The van der Waals surface area contributed by atoms with Crippen LogP contribution in [0.2, 0.25) is 0 Å².